The summed E-state index contributed by atoms with van der Waals surface area (Å²) in [4.78, 5) is 16.3. The molecule has 0 atom stereocenters. The van der Waals surface area contributed by atoms with Crippen molar-refractivity contribution < 1.29 is 14.3 Å². The zero-order valence-corrected chi connectivity index (χ0v) is 14.4. The zero-order valence-electron chi connectivity index (χ0n) is 14.4. The number of hydrogen-bond donors (Lipinski definition) is 1. The van der Waals surface area contributed by atoms with E-state index in [2.05, 4.69) is 10.1 Å². The van der Waals surface area contributed by atoms with E-state index in [-0.39, 0.29) is 0 Å². The fourth-order valence-electron chi connectivity index (χ4n) is 2.31. The van der Waals surface area contributed by atoms with Gasteiger partial charge in [0.05, 0.1) is 30.8 Å². The molecular weight excluding hydrogens is 332 g/mol. The number of carbonyl (C=O) groups is 1. The third-order valence-corrected chi connectivity index (χ3v) is 3.57. The van der Waals surface area contributed by atoms with Gasteiger partial charge in [-0.3, -0.25) is 0 Å². The standard InChI is InChI=1S/C19H18N4O3/c1-13-12-23(19(20)22-13)21-11-14-8-9-16(17(10-14)25-2)26-18(24)15-6-4-3-5-7-15/h3-12H,1-2H3,(H2,20,22). The largest absolute Gasteiger partial charge is 0.493 e. The minimum absolute atomic E-state index is 0.305. The third-order valence-electron chi connectivity index (χ3n) is 3.57. The highest BCUT2D eigenvalue weighted by Gasteiger charge is 2.12. The van der Waals surface area contributed by atoms with E-state index in [1.165, 1.54) is 11.8 Å². The summed E-state index contributed by atoms with van der Waals surface area (Å²) < 4.78 is 12.2. The van der Waals surface area contributed by atoms with Crippen LogP contribution in [0.4, 0.5) is 5.95 Å². The molecule has 1 heterocycles. The maximum absolute atomic E-state index is 12.2. The van der Waals surface area contributed by atoms with Crippen LogP contribution in [0.15, 0.2) is 59.8 Å². The highest BCUT2D eigenvalue weighted by atomic mass is 16.6. The molecule has 0 aliphatic heterocycles. The van der Waals surface area contributed by atoms with Crippen LogP contribution in [-0.4, -0.2) is 29.0 Å². The number of aromatic nitrogens is 2. The molecule has 3 aromatic rings. The van der Waals surface area contributed by atoms with Crippen molar-refractivity contribution in [2.45, 2.75) is 6.92 Å². The Morgan fingerprint density at radius 3 is 2.62 bits per heavy atom. The number of hydrogen-bond acceptors (Lipinski definition) is 6. The molecule has 1 aromatic heterocycles. The molecule has 7 heteroatoms. The Bertz CT molecular complexity index is 949. The molecular formula is C19H18N4O3. The second-order valence-corrected chi connectivity index (χ2v) is 5.50. The number of anilines is 1. The number of aryl methyl sites for hydroxylation is 1. The maximum Gasteiger partial charge on any atom is 0.343 e. The Morgan fingerprint density at radius 1 is 1.19 bits per heavy atom. The first-order valence-electron chi connectivity index (χ1n) is 7.88. The number of esters is 1. The number of carbonyl (C=O) groups excluding carboxylic acids is 1. The lowest BCUT2D eigenvalue weighted by atomic mass is 10.2. The number of ether oxygens (including phenoxy) is 2. The van der Waals surface area contributed by atoms with E-state index < -0.39 is 5.97 Å². The minimum atomic E-state index is -0.452. The zero-order chi connectivity index (χ0) is 18.5. The average molecular weight is 350 g/mol. The van der Waals surface area contributed by atoms with Gasteiger partial charge in [-0.15, -0.1) is 0 Å². The lowest BCUT2D eigenvalue weighted by Gasteiger charge is -2.10. The number of nitrogens with zero attached hydrogens (tertiary/aromatic N) is 3. The topological polar surface area (TPSA) is 91.7 Å². The molecule has 0 unspecified atom stereocenters. The number of benzene rings is 2. The summed E-state index contributed by atoms with van der Waals surface area (Å²) in [5, 5.41) is 4.25. The van der Waals surface area contributed by atoms with Crippen LogP contribution in [0.5, 0.6) is 11.5 Å². The fourth-order valence-corrected chi connectivity index (χ4v) is 2.31. The van der Waals surface area contributed by atoms with Gasteiger partial charge in [0, 0.05) is 0 Å². The molecule has 0 saturated heterocycles. The SMILES string of the molecule is COc1cc(C=Nn2cc(C)nc2N)ccc1OC(=O)c1ccccc1. The second kappa shape index (κ2) is 7.52. The van der Waals surface area contributed by atoms with Crippen LogP contribution in [-0.2, 0) is 0 Å². The summed E-state index contributed by atoms with van der Waals surface area (Å²) >= 11 is 0. The Hall–Kier alpha value is -3.61. The van der Waals surface area contributed by atoms with Crippen LogP contribution < -0.4 is 15.2 Å². The molecule has 0 radical (unpaired) electrons. The van der Waals surface area contributed by atoms with Gasteiger partial charge in [0.25, 0.3) is 0 Å². The van der Waals surface area contributed by atoms with Gasteiger partial charge in [-0.05, 0) is 42.8 Å². The van der Waals surface area contributed by atoms with Crippen molar-refractivity contribution in [1.82, 2.24) is 9.66 Å². The normalized spacial score (nSPS) is 10.8. The van der Waals surface area contributed by atoms with Crippen LogP contribution in [0.2, 0.25) is 0 Å². The Kier molecular flexibility index (Phi) is 4.98. The molecule has 26 heavy (non-hydrogen) atoms. The Labute approximate surface area is 150 Å². The summed E-state index contributed by atoms with van der Waals surface area (Å²) in [5.41, 5.74) is 7.75. The second-order valence-electron chi connectivity index (χ2n) is 5.50. The quantitative estimate of drug-likeness (QED) is 0.434. The Morgan fingerprint density at radius 2 is 1.96 bits per heavy atom. The molecule has 0 fully saturated rings. The lowest BCUT2D eigenvalue weighted by Crippen LogP contribution is -2.09. The third kappa shape index (κ3) is 3.89. The molecule has 0 spiro atoms. The van der Waals surface area contributed by atoms with Crippen molar-refractivity contribution >= 4 is 18.1 Å². The molecule has 0 aliphatic carbocycles. The van der Waals surface area contributed by atoms with E-state index in [0.29, 0.717) is 23.0 Å². The first-order valence-corrected chi connectivity index (χ1v) is 7.88. The predicted molar refractivity (Wildman–Crippen MR) is 98.8 cm³/mol. The summed E-state index contributed by atoms with van der Waals surface area (Å²) in [6.45, 7) is 1.83. The number of imidazole rings is 1. The minimum Gasteiger partial charge on any atom is -0.493 e. The molecule has 0 bridgehead atoms. The van der Waals surface area contributed by atoms with Crippen LogP contribution in [0.3, 0.4) is 0 Å². The number of rotatable bonds is 5. The first-order chi connectivity index (χ1) is 12.6. The van der Waals surface area contributed by atoms with Gasteiger partial charge in [0.1, 0.15) is 0 Å². The molecule has 132 valence electrons. The number of methoxy groups -OCH3 is 1. The molecule has 0 amide bonds. The van der Waals surface area contributed by atoms with E-state index in [9.17, 15) is 4.79 Å². The van der Waals surface area contributed by atoms with Gasteiger partial charge in [0.2, 0.25) is 5.95 Å². The van der Waals surface area contributed by atoms with Gasteiger partial charge in [-0.2, -0.15) is 5.10 Å². The first kappa shape index (κ1) is 17.2. The van der Waals surface area contributed by atoms with Gasteiger partial charge < -0.3 is 15.2 Å². The molecule has 0 aliphatic rings. The van der Waals surface area contributed by atoms with Gasteiger partial charge in [-0.1, -0.05) is 18.2 Å². The smallest absolute Gasteiger partial charge is 0.343 e. The number of nitrogens with two attached hydrogens (primary N) is 1. The van der Waals surface area contributed by atoms with Crippen LogP contribution in [0, 0.1) is 6.92 Å². The van der Waals surface area contributed by atoms with E-state index in [4.69, 9.17) is 15.2 Å². The Balaban J connectivity index is 1.79. The van der Waals surface area contributed by atoms with Gasteiger partial charge in [-0.25, -0.2) is 14.5 Å². The van der Waals surface area contributed by atoms with Crippen molar-refractivity contribution in [2.75, 3.05) is 12.8 Å². The highest BCUT2D eigenvalue weighted by Crippen LogP contribution is 2.28. The molecule has 2 aromatic carbocycles. The average Bonchev–Trinajstić information content (AvgIpc) is 2.98. The monoisotopic (exact) mass is 350 g/mol. The van der Waals surface area contributed by atoms with Gasteiger partial charge >= 0.3 is 5.97 Å². The summed E-state index contributed by atoms with van der Waals surface area (Å²) in [6, 6.07) is 13.9. The molecule has 0 saturated carbocycles. The van der Waals surface area contributed by atoms with Crippen molar-refractivity contribution in [3.8, 4) is 11.5 Å². The van der Waals surface area contributed by atoms with Crippen molar-refractivity contribution in [1.29, 1.82) is 0 Å². The summed E-state index contributed by atoms with van der Waals surface area (Å²) in [7, 11) is 1.51. The van der Waals surface area contributed by atoms with E-state index in [1.807, 2.05) is 13.0 Å². The maximum atomic E-state index is 12.2. The fraction of sp³-hybridized carbons (Fsp3) is 0.105. The van der Waals surface area contributed by atoms with E-state index in [0.717, 1.165) is 11.3 Å². The summed E-state index contributed by atoms with van der Waals surface area (Å²) in [5.74, 6) is 0.607. The van der Waals surface area contributed by atoms with Crippen LogP contribution in [0.25, 0.3) is 0 Å². The van der Waals surface area contributed by atoms with Crippen molar-refractivity contribution in [3.63, 3.8) is 0 Å². The van der Waals surface area contributed by atoms with E-state index in [1.54, 1.807) is 54.9 Å². The predicted octanol–water partition coefficient (Wildman–Crippen LogP) is 2.88. The lowest BCUT2D eigenvalue weighted by molar-refractivity contribution is 0.0729. The van der Waals surface area contributed by atoms with Crippen LogP contribution in [0.1, 0.15) is 21.6 Å². The highest BCUT2D eigenvalue weighted by molar-refractivity contribution is 5.91. The molecule has 7 nitrogen and oxygen atoms in total. The van der Waals surface area contributed by atoms with Crippen LogP contribution >= 0.6 is 0 Å². The number of nitrogen functional groups attached to an aromatic ring is 1. The molecule has 2 N–H and O–H groups in total. The van der Waals surface area contributed by atoms with Crippen molar-refractivity contribution in [2.24, 2.45) is 5.10 Å². The van der Waals surface area contributed by atoms with E-state index >= 15 is 0 Å². The van der Waals surface area contributed by atoms with Gasteiger partial charge in [0.15, 0.2) is 11.5 Å². The molecule has 3 rings (SSSR count). The summed E-state index contributed by atoms with van der Waals surface area (Å²) in [6.07, 6.45) is 3.34. The van der Waals surface area contributed by atoms with Crippen molar-refractivity contribution in [3.05, 3.63) is 71.5 Å².